The molecule has 12 heteroatoms. The Morgan fingerprint density at radius 2 is 1.81 bits per heavy atom. The number of para-hydroxylation sites is 1. The van der Waals surface area contributed by atoms with Gasteiger partial charge in [0.25, 0.3) is 10.0 Å². The molecule has 2 heterocycles. The summed E-state index contributed by atoms with van der Waals surface area (Å²) in [5.41, 5.74) is 9.40. The molecule has 5 rings (SSSR count). The number of benzene rings is 3. The number of hydrogen-bond acceptors (Lipinski definition) is 7. The number of sulfonamides is 1. The highest BCUT2D eigenvalue weighted by atomic mass is 35.5. The lowest BCUT2D eigenvalue weighted by atomic mass is 10.1. The van der Waals surface area contributed by atoms with Gasteiger partial charge in [-0.05, 0) is 42.8 Å². The fourth-order valence-electron chi connectivity index (χ4n) is 4.75. The number of anilines is 1. The summed E-state index contributed by atoms with van der Waals surface area (Å²) >= 11 is 0. The van der Waals surface area contributed by atoms with Gasteiger partial charge < -0.3 is 15.0 Å². The minimum atomic E-state index is -4.12. The van der Waals surface area contributed by atoms with Crippen LogP contribution in [-0.2, 0) is 33.0 Å². The second-order valence-electron chi connectivity index (χ2n) is 9.51. The Morgan fingerprint density at radius 1 is 1.07 bits per heavy atom. The Kier molecular flexibility index (Phi) is 9.13. The van der Waals surface area contributed by atoms with Gasteiger partial charge in [-0.1, -0.05) is 42.5 Å². The molecule has 3 N–H and O–H groups in total. The summed E-state index contributed by atoms with van der Waals surface area (Å²) in [6, 6.07) is 21.2. The van der Waals surface area contributed by atoms with E-state index in [0.29, 0.717) is 34.1 Å². The first kappa shape index (κ1) is 30.5. The maximum Gasteiger partial charge on any atom is 0.307 e. The Labute approximate surface area is 250 Å². The van der Waals surface area contributed by atoms with Gasteiger partial charge in [0, 0.05) is 37.2 Å². The summed E-state index contributed by atoms with van der Waals surface area (Å²) in [6.07, 6.45) is 1.97. The Balaban J connectivity index is 0.00000405. The largest absolute Gasteiger partial charge is 0.466 e. The van der Waals surface area contributed by atoms with Crippen molar-refractivity contribution in [3.63, 3.8) is 0 Å². The number of nitrogens with zero attached hydrogens (tertiary/aromatic N) is 4. The molecule has 0 fully saturated rings. The van der Waals surface area contributed by atoms with Crippen molar-refractivity contribution in [2.45, 2.75) is 24.7 Å². The van der Waals surface area contributed by atoms with E-state index >= 15 is 0 Å². The molecule has 10 nitrogen and oxygen atoms in total. The van der Waals surface area contributed by atoms with Crippen molar-refractivity contribution < 1.29 is 17.9 Å². The molecule has 0 aliphatic rings. The minimum Gasteiger partial charge on any atom is -0.466 e. The number of rotatable bonds is 10. The zero-order chi connectivity index (χ0) is 29.1. The molecule has 2 aromatic heterocycles. The number of fused-ring (bicyclic) bond motifs is 2. The number of ether oxygens (including phenoxy) is 1. The van der Waals surface area contributed by atoms with E-state index in [1.807, 2.05) is 29.8 Å². The maximum atomic E-state index is 14.1. The predicted octanol–water partition coefficient (Wildman–Crippen LogP) is 4.57. The van der Waals surface area contributed by atoms with Crippen molar-refractivity contribution >= 4 is 61.9 Å². The van der Waals surface area contributed by atoms with E-state index in [9.17, 15) is 13.2 Å². The summed E-state index contributed by atoms with van der Waals surface area (Å²) in [6.45, 7) is 1.80. The molecule has 0 aliphatic carbocycles. The van der Waals surface area contributed by atoms with E-state index in [-0.39, 0.29) is 42.7 Å². The molecule has 0 spiro atoms. The number of hydrogen-bond donors (Lipinski definition) is 2. The third-order valence-corrected chi connectivity index (χ3v) is 8.72. The van der Waals surface area contributed by atoms with Gasteiger partial charge in [-0.15, -0.1) is 12.4 Å². The predicted molar refractivity (Wildman–Crippen MR) is 166 cm³/mol. The van der Waals surface area contributed by atoms with Gasteiger partial charge in [0.05, 0.1) is 35.3 Å². The van der Waals surface area contributed by atoms with Gasteiger partial charge in [-0.25, -0.2) is 13.4 Å². The smallest absolute Gasteiger partial charge is 0.307 e. The van der Waals surface area contributed by atoms with Gasteiger partial charge >= 0.3 is 5.97 Å². The number of carbonyl (C=O) groups excluding carboxylic acids is 1. The quantitative estimate of drug-likeness (QED) is 0.135. The second kappa shape index (κ2) is 12.6. The van der Waals surface area contributed by atoms with Gasteiger partial charge in [-0.3, -0.25) is 19.5 Å². The molecule has 0 bridgehead atoms. The standard InChI is InChI=1S/C30H30N6O4S.ClH/c1-3-40-28(37)15-17-36(41(38,39)26-8-4-6-21-7-5-16-33-29(21)26)23-13-14-25-24(19-23)34-27(35(25)2)18-20-9-11-22(12-10-20)30(31)32;/h4-14,16,19H,3,15,17-18H2,1-2H3,(H3,31,32);1H. The molecule has 0 saturated carbocycles. The average molecular weight is 607 g/mol. The first-order valence-corrected chi connectivity index (χ1v) is 14.5. The number of carbonyl (C=O) groups is 1. The first-order valence-electron chi connectivity index (χ1n) is 13.1. The van der Waals surface area contributed by atoms with Crippen LogP contribution in [0.4, 0.5) is 5.69 Å². The molecular weight excluding hydrogens is 576 g/mol. The van der Waals surface area contributed by atoms with Crippen LogP contribution in [0.5, 0.6) is 0 Å². The van der Waals surface area contributed by atoms with Crippen molar-refractivity contribution in [3.8, 4) is 0 Å². The van der Waals surface area contributed by atoms with E-state index < -0.39 is 16.0 Å². The maximum absolute atomic E-state index is 14.1. The van der Waals surface area contributed by atoms with Crippen molar-refractivity contribution in [1.82, 2.24) is 14.5 Å². The van der Waals surface area contributed by atoms with Gasteiger partial charge in [0.2, 0.25) is 0 Å². The molecule has 0 radical (unpaired) electrons. The van der Waals surface area contributed by atoms with Crippen LogP contribution < -0.4 is 10.0 Å². The van der Waals surface area contributed by atoms with Gasteiger partial charge in [0.1, 0.15) is 16.6 Å². The summed E-state index contributed by atoms with van der Waals surface area (Å²) in [4.78, 5) is 21.5. The summed E-state index contributed by atoms with van der Waals surface area (Å²) < 4.78 is 36.5. The Hall–Kier alpha value is -4.48. The number of nitrogen functional groups attached to an aromatic ring is 1. The number of pyridine rings is 1. The number of aromatic nitrogens is 3. The van der Waals surface area contributed by atoms with E-state index in [1.54, 1.807) is 61.7 Å². The molecule has 218 valence electrons. The molecule has 3 aromatic carbocycles. The Bertz CT molecular complexity index is 1870. The van der Waals surface area contributed by atoms with Crippen molar-refractivity contribution in [2.24, 2.45) is 12.8 Å². The molecule has 0 amide bonds. The van der Waals surface area contributed by atoms with Crippen molar-refractivity contribution in [3.05, 3.63) is 95.9 Å². The van der Waals surface area contributed by atoms with Gasteiger partial charge in [-0.2, -0.15) is 0 Å². The highest BCUT2D eigenvalue weighted by molar-refractivity contribution is 7.93. The van der Waals surface area contributed by atoms with Crippen LogP contribution in [0.25, 0.3) is 21.9 Å². The van der Waals surface area contributed by atoms with E-state index in [0.717, 1.165) is 16.9 Å². The molecular formula is C30H31ClN6O4S. The number of amidine groups is 1. The molecule has 5 aromatic rings. The monoisotopic (exact) mass is 606 g/mol. The summed E-state index contributed by atoms with van der Waals surface area (Å²) in [7, 11) is -2.21. The van der Waals surface area contributed by atoms with E-state index in [4.69, 9.17) is 20.9 Å². The lowest BCUT2D eigenvalue weighted by Gasteiger charge is -2.24. The molecule has 0 aliphatic heterocycles. The highest BCUT2D eigenvalue weighted by Gasteiger charge is 2.28. The normalized spacial score (nSPS) is 11.3. The fourth-order valence-corrected chi connectivity index (χ4v) is 6.38. The highest BCUT2D eigenvalue weighted by Crippen LogP contribution is 2.31. The van der Waals surface area contributed by atoms with Crippen LogP contribution in [0.15, 0.2) is 83.9 Å². The summed E-state index contributed by atoms with van der Waals surface area (Å²) in [5, 5.41) is 8.28. The van der Waals surface area contributed by atoms with Crippen molar-refractivity contribution in [2.75, 3.05) is 17.5 Å². The van der Waals surface area contributed by atoms with Crippen LogP contribution in [0.2, 0.25) is 0 Å². The number of halogens is 1. The van der Waals surface area contributed by atoms with Crippen LogP contribution in [-0.4, -0.2) is 47.9 Å². The SMILES string of the molecule is CCOC(=O)CCN(c1ccc2c(c1)nc(Cc1ccc(C(=N)N)cc1)n2C)S(=O)(=O)c1cccc2cccnc12.Cl. The number of imidazole rings is 1. The third kappa shape index (κ3) is 6.07. The number of esters is 1. The topological polar surface area (TPSA) is 144 Å². The van der Waals surface area contributed by atoms with Crippen molar-refractivity contribution in [1.29, 1.82) is 5.41 Å². The lowest BCUT2D eigenvalue weighted by Crippen LogP contribution is -2.33. The molecule has 0 saturated heterocycles. The van der Waals surface area contributed by atoms with Crippen LogP contribution in [0, 0.1) is 5.41 Å². The van der Waals surface area contributed by atoms with Gasteiger partial charge in [0.15, 0.2) is 0 Å². The molecule has 42 heavy (non-hydrogen) atoms. The van der Waals surface area contributed by atoms with Crippen LogP contribution in [0.3, 0.4) is 0 Å². The fraction of sp³-hybridized carbons (Fsp3) is 0.200. The molecule has 0 atom stereocenters. The van der Waals surface area contributed by atoms with E-state index in [1.165, 1.54) is 10.4 Å². The van der Waals surface area contributed by atoms with E-state index in [2.05, 4.69) is 4.98 Å². The lowest BCUT2D eigenvalue weighted by molar-refractivity contribution is -0.142. The van der Waals surface area contributed by atoms with Crippen LogP contribution >= 0.6 is 12.4 Å². The Morgan fingerprint density at radius 3 is 2.52 bits per heavy atom. The second-order valence-corrected chi connectivity index (χ2v) is 11.3. The van der Waals surface area contributed by atoms with Crippen LogP contribution in [0.1, 0.15) is 30.3 Å². The first-order chi connectivity index (χ1) is 19.7. The number of nitrogens with one attached hydrogen (secondary N) is 1. The average Bonchev–Trinajstić information content (AvgIpc) is 3.27. The number of nitrogens with two attached hydrogens (primary N) is 1. The third-order valence-electron chi connectivity index (χ3n) is 6.86. The zero-order valence-corrected chi connectivity index (χ0v) is 24.8. The molecule has 0 unspecified atom stereocenters. The minimum absolute atomic E-state index is 0. The summed E-state index contributed by atoms with van der Waals surface area (Å²) in [5.74, 6) is 0.307. The zero-order valence-electron chi connectivity index (χ0n) is 23.1. The number of aryl methyl sites for hydroxylation is 1.